The predicted octanol–water partition coefficient (Wildman–Crippen LogP) is 3.30. The lowest BCUT2D eigenvalue weighted by Gasteiger charge is -2.27. The molecule has 3 rings (SSSR count). The van der Waals surface area contributed by atoms with Gasteiger partial charge in [-0.25, -0.2) is 9.78 Å². The van der Waals surface area contributed by atoms with E-state index in [1.165, 1.54) is 36.6 Å². The number of carbonyl (C=O) groups is 1. The number of fused-ring (bicyclic) bond motifs is 1. The molecular formula is C17H23N3O3. The van der Waals surface area contributed by atoms with E-state index in [2.05, 4.69) is 17.0 Å². The molecule has 1 N–H and O–H groups in total. The summed E-state index contributed by atoms with van der Waals surface area (Å²) in [6.45, 7) is 4.19. The molecule has 0 amide bonds. The molecule has 2 aromatic heterocycles. The number of esters is 1. The van der Waals surface area contributed by atoms with Crippen LogP contribution in [-0.4, -0.2) is 32.3 Å². The van der Waals surface area contributed by atoms with Gasteiger partial charge in [-0.3, -0.25) is 0 Å². The topological polar surface area (TPSA) is 76.7 Å². The third kappa shape index (κ3) is 3.16. The minimum Gasteiger partial charge on any atom is -0.493 e. The molecule has 1 aliphatic carbocycles. The van der Waals surface area contributed by atoms with Crippen LogP contribution in [-0.2, 0) is 4.74 Å². The van der Waals surface area contributed by atoms with E-state index in [0.717, 1.165) is 5.69 Å². The van der Waals surface area contributed by atoms with Crippen LogP contribution in [0.1, 0.15) is 68.1 Å². The van der Waals surface area contributed by atoms with Gasteiger partial charge in [0.25, 0.3) is 0 Å². The van der Waals surface area contributed by atoms with Crippen molar-refractivity contribution in [3.05, 3.63) is 23.5 Å². The van der Waals surface area contributed by atoms with Crippen LogP contribution in [0.3, 0.4) is 0 Å². The molecule has 1 atom stereocenters. The molecule has 1 fully saturated rings. The first-order chi connectivity index (χ1) is 11.1. The fraction of sp³-hybridized carbons (Fsp3) is 0.588. The van der Waals surface area contributed by atoms with Crippen LogP contribution in [0.5, 0.6) is 5.88 Å². The summed E-state index contributed by atoms with van der Waals surface area (Å²) >= 11 is 0. The molecule has 0 spiro atoms. The van der Waals surface area contributed by atoms with Crippen molar-refractivity contribution in [2.24, 2.45) is 5.92 Å². The third-order valence-electron chi connectivity index (χ3n) is 4.74. The molecule has 6 heteroatoms. The Morgan fingerprint density at radius 1 is 1.39 bits per heavy atom. The van der Waals surface area contributed by atoms with E-state index in [0.29, 0.717) is 11.6 Å². The van der Waals surface area contributed by atoms with Gasteiger partial charge in [0.2, 0.25) is 5.88 Å². The molecule has 1 aliphatic rings. The van der Waals surface area contributed by atoms with Crippen molar-refractivity contribution in [1.29, 1.82) is 0 Å². The normalized spacial score (nSPS) is 17.3. The molecule has 1 unspecified atom stereocenters. The van der Waals surface area contributed by atoms with E-state index in [1.807, 2.05) is 0 Å². The van der Waals surface area contributed by atoms with E-state index < -0.39 is 5.97 Å². The summed E-state index contributed by atoms with van der Waals surface area (Å²) in [5.74, 6) is 0.389. The Balaban J connectivity index is 1.91. The van der Waals surface area contributed by atoms with Gasteiger partial charge < -0.3 is 9.84 Å². The fourth-order valence-electron chi connectivity index (χ4n) is 3.39. The SMILES string of the molecule is CCOC(=O)c1cc2nc(C(C)C3CCCCC3)cc(O)n2n1. The van der Waals surface area contributed by atoms with Gasteiger partial charge >= 0.3 is 5.97 Å². The quantitative estimate of drug-likeness (QED) is 0.876. The molecule has 1 saturated carbocycles. The largest absolute Gasteiger partial charge is 0.493 e. The fourth-order valence-corrected chi connectivity index (χ4v) is 3.39. The van der Waals surface area contributed by atoms with Gasteiger partial charge in [-0.15, -0.1) is 0 Å². The summed E-state index contributed by atoms with van der Waals surface area (Å²) < 4.78 is 6.23. The average Bonchev–Trinajstić information content (AvgIpc) is 3.00. The minimum absolute atomic E-state index is 0.00297. The van der Waals surface area contributed by atoms with Crippen LogP contribution in [0.25, 0.3) is 5.65 Å². The Labute approximate surface area is 135 Å². The maximum absolute atomic E-state index is 11.8. The molecular weight excluding hydrogens is 294 g/mol. The van der Waals surface area contributed by atoms with Crippen LogP contribution in [0, 0.1) is 5.92 Å². The first kappa shape index (κ1) is 15.8. The van der Waals surface area contributed by atoms with Gasteiger partial charge in [0.1, 0.15) is 0 Å². The van der Waals surface area contributed by atoms with Gasteiger partial charge in [0, 0.05) is 18.1 Å². The lowest BCUT2D eigenvalue weighted by molar-refractivity contribution is 0.0519. The molecule has 0 bridgehead atoms. The van der Waals surface area contributed by atoms with E-state index in [-0.39, 0.29) is 24.1 Å². The highest BCUT2D eigenvalue weighted by Crippen LogP contribution is 2.36. The summed E-state index contributed by atoms with van der Waals surface area (Å²) in [7, 11) is 0. The van der Waals surface area contributed by atoms with Crippen molar-refractivity contribution < 1.29 is 14.6 Å². The van der Waals surface area contributed by atoms with Crippen molar-refractivity contribution in [3.8, 4) is 5.88 Å². The summed E-state index contributed by atoms with van der Waals surface area (Å²) in [6, 6.07) is 3.23. The average molecular weight is 317 g/mol. The first-order valence-electron chi connectivity index (χ1n) is 8.37. The zero-order valence-corrected chi connectivity index (χ0v) is 13.7. The highest BCUT2D eigenvalue weighted by Gasteiger charge is 2.24. The molecule has 6 nitrogen and oxygen atoms in total. The van der Waals surface area contributed by atoms with E-state index in [9.17, 15) is 9.90 Å². The van der Waals surface area contributed by atoms with Gasteiger partial charge in [0.05, 0.1) is 12.3 Å². The molecule has 0 radical (unpaired) electrons. The second-order valence-corrected chi connectivity index (χ2v) is 6.25. The summed E-state index contributed by atoms with van der Waals surface area (Å²) in [5.41, 5.74) is 1.50. The van der Waals surface area contributed by atoms with Crippen molar-refractivity contribution in [3.63, 3.8) is 0 Å². The van der Waals surface area contributed by atoms with Crippen LogP contribution in [0.15, 0.2) is 12.1 Å². The predicted molar refractivity (Wildman–Crippen MR) is 85.6 cm³/mol. The van der Waals surface area contributed by atoms with Crippen LogP contribution in [0.4, 0.5) is 0 Å². The van der Waals surface area contributed by atoms with Crippen LogP contribution in [0.2, 0.25) is 0 Å². The van der Waals surface area contributed by atoms with Crippen LogP contribution < -0.4 is 0 Å². The van der Waals surface area contributed by atoms with E-state index in [4.69, 9.17) is 4.74 Å². The standard InChI is InChI=1S/C17H23N3O3/c1-3-23-17(22)14-9-15-18-13(10-16(21)20(15)19-14)11(2)12-7-5-4-6-8-12/h9-12,21H,3-8H2,1-2H3. The van der Waals surface area contributed by atoms with E-state index >= 15 is 0 Å². The Kier molecular flexibility index (Phi) is 4.50. The summed E-state index contributed by atoms with van der Waals surface area (Å²) in [4.78, 5) is 16.4. The van der Waals surface area contributed by atoms with Crippen molar-refractivity contribution in [1.82, 2.24) is 14.6 Å². The number of nitrogens with zero attached hydrogens (tertiary/aromatic N) is 3. The maximum atomic E-state index is 11.8. The number of rotatable bonds is 4. The monoisotopic (exact) mass is 317 g/mol. The number of hydrogen-bond donors (Lipinski definition) is 1. The number of ether oxygens (including phenoxy) is 1. The van der Waals surface area contributed by atoms with Crippen molar-refractivity contribution in [2.75, 3.05) is 6.61 Å². The van der Waals surface area contributed by atoms with Crippen LogP contribution >= 0.6 is 0 Å². The third-order valence-corrected chi connectivity index (χ3v) is 4.74. The second-order valence-electron chi connectivity index (χ2n) is 6.25. The van der Waals surface area contributed by atoms with Gasteiger partial charge in [-0.2, -0.15) is 9.61 Å². The van der Waals surface area contributed by atoms with E-state index in [1.54, 1.807) is 19.1 Å². The second kappa shape index (κ2) is 6.56. The summed E-state index contributed by atoms with van der Waals surface area (Å²) in [6.07, 6.45) is 6.27. The molecule has 23 heavy (non-hydrogen) atoms. The molecule has 0 aliphatic heterocycles. The Hall–Kier alpha value is -2.11. The van der Waals surface area contributed by atoms with Crippen molar-refractivity contribution >= 4 is 11.6 Å². The molecule has 2 heterocycles. The van der Waals surface area contributed by atoms with Gasteiger partial charge in [-0.05, 0) is 25.7 Å². The minimum atomic E-state index is -0.501. The Morgan fingerprint density at radius 3 is 2.83 bits per heavy atom. The lowest BCUT2D eigenvalue weighted by atomic mass is 9.79. The molecule has 2 aromatic rings. The lowest BCUT2D eigenvalue weighted by Crippen LogP contribution is -2.15. The number of aromatic nitrogens is 3. The summed E-state index contributed by atoms with van der Waals surface area (Å²) in [5, 5.41) is 14.3. The smallest absolute Gasteiger partial charge is 0.358 e. The number of aromatic hydroxyl groups is 1. The van der Waals surface area contributed by atoms with Gasteiger partial charge in [-0.1, -0.05) is 26.2 Å². The molecule has 0 aromatic carbocycles. The number of hydrogen-bond acceptors (Lipinski definition) is 5. The molecule has 0 saturated heterocycles. The molecule has 124 valence electrons. The van der Waals surface area contributed by atoms with Gasteiger partial charge in [0.15, 0.2) is 11.3 Å². The maximum Gasteiger partial charge on any atom is 0.358 e. The number of carbonyl (C=O) groups excluding carboxylic acids is 1. The highest BCUT2D eigenvalue weighted by molar-refractivity contribution is 5.88. The Morgan fingerprint density at radius 2 is 2.13 bits per heavy atom. The zero-order chi connectivity index (χ0) is 16.4. The first-order valence-corrected chi connectivity index (χ1v) is 8.37. The highest BCUT2D eigenvalue weighted by atomic mass is 16.5. The zero-order valence-electron chi connectivity index (χ0n) is 13.7. The van der Waals surface area contributed by atoms with Crippen molar-refractivity contribution in [2.45, 2.75) is 51.9 Å². The Bertz CT molecular complexity index is 704.